The summed E-state index contributed by atoms with van der Waals surface area (Å²) in [4.78, 5) is 11.7. The van der Waals surface area contributed by atoms with Crippen LogP contribution in [0.4, 0.5) is 0 Å². The van der Waals surface area contributed by atoms with Gasteiger partial charge < -0.3 is 19.9 Å². The molecule has 0 bridgehead atoms. The number of aliphatic hydroxyl groups is 1. The Balaban J connectivity index is 2.09. The minimum absolute atomic E-state index is 0.0560. The maximum absolute atomic E-state index is 11.7. The maximum Gasteiger partial charge on any atom is 0.231 e. The lowest BCUT2D eigenvalue weighted by Crippen LogP contribution is -2.30. The van der Waals surface area contributed by atoms with E-state index in [1.807, 2.05) is 19.1 Å². The Morgan fingerprint density at radius 1 is 1.47 bits per heavy atom. The van der Waals surface area contributed by atoms with Crippen LogP contribution in [0.5, 0.6) is 11.5 Å². The van der Waals surface area contributed by atoms with E-state index in [2.05, 4.69) is 5.32 Å². The molecule has 92 valence electrons. The third-order valence-corrected chi connectivity index (χ3v) is 2.70. The molecule has 0 fully saturated rings. The van der Waals surface area contributed by atoms with Crippen molar-refractivity contribution >= 4 is 5.91 Å². The molecule has 0 saturated heterocycles. The lowest BCUT2D eigenvalue weighted by molar-refractivity contribution is -0.122. The van der Waals surface area contributed by atoms with Crippen LogP contribution in [-0.4, -0.2) is 31.0 Å². The third-order valence-electron chi connectivity index (χ3n) is 2.70. The SMILES string of the molecule is CC(C(=O)NCCO)c1ccc2c(c1)OCO2. The van der Waals surface area contributed by atoms with Gasteiger partial charge in [0.15, 0.2) is 11.5 Å². The fourth-order valence-electron chi connectivity index (χ4n) is 1.67. The molecule has 1 unspecified atom stereocenters. The molecular formula is C12H15NO4. The van der Waals surface area contributed by atoms with Crippen molar-refractivity contribution < 1.29 is 19.4 Å². The number of carbonyl (C=O) groups is 1. The van der Waals surface area contributed by atoms with Crippen molar-refractivity contribution in [1.29, 1.82) is 0 Å². The number of carbonyl (C=O) groups excluding carboxylic acids is 1. The van der Waals surface area contributed by atoms with Gasteiger partial charge in [-0.3, -0.25) is 4.79 Å². The minimum atomic E-state index is -0.281. The Morgan fingerprint density at radius 2 is 2.24 bits per heavy atom. The molecule has 5 heteroatoms. The standard InChI is InChI=1S/C12H15NO4/c1-8(12(15)13-4-5-14)9-2-3-10-11(6-9)17-7-16-10/h2-3,6,8,14H,4-5,7H2,1H3,(H,13,15). The average Bonchev–Trinajstić information content (AvgIpc) is 2.81. The molecule has 1 heterocycles. The highest BCUT2D eigenvalue weighted by Crippen LogP contribution is 2.34. The van der Waals surface area contributed by atoms with Crippen LogP contribution >= 0.6 is 0 Å². The summed E-state index contributed by atoms with van der Waals surface area (Å²) in [6.07, 6.45) is 0. The smallest absolute Gasteiger partial charge is 0.231 e. The van der Waals surface area contributed by atoms with Crippen molar-refractivity contribution in [3.63, 3.8) is 0 Å². The van der Waals surface area contributed by atoms with Crippen LogP contribution < -0.4 is 14.8 Å². The van der Waals surface area contributed by atoms with Gasteiger partial charge in [0.1, 0.15) is 0 Å². The Hall–Kier alpha value is -1.75. The summed E-state index contributed by atoms with van der Waals surface area (Å²) >= 11 is 0. The Kier molecular flexibility index (Phi) is 3.49. The zero-order valence-electron chi connectivity index (χ0n) is 9.60. The van der Waals surface area contributed by atoms with E-state index in [1.165, 1.54) is 0 Å². The second kappa shape index (κ2) is 5.05. The quantitative estimate of drug-likeness (QED) is 0.806. The van der Waals surface area contributed by atoms with Gasteiger partial charge in [0, 0.05) is 6.54 Å². The first-order valence-electron chi connectivity index (χ1n) is 5.50. The van der Waals surface area contributed by atoms with Crippen LogP contribution in [0.2, 0.25) is 0 Å². The van der Waals surface area contributed by atoms with Gasteiger partial charge in [-0.2, -0.15) is 0 Å². The molecule has 5 nitrogen and oxygen atoms in total. The predicted molar refractivity (Wildman–Crippen MR) is 61.1 cm³/mol. The molecular weight excluding hydrogens is 222 g/mol. The van der Waals surface area contributed by atoms with E-state index in [4.69, 9.17) is 14.6 Å². The molecule has 1 atom stereocenters. The summed E-state index contributed by atoms with van der Waals surface area (Å²) in [6, 6.07) is 5.45. The number of aliphatic hydroxyl groups excluding tert-OH is 1. The van der Waals surface area contributed by atoms with Crippen molar-refractivity contribution in [3.8, 4) is 11.5 Å². The van der Waals surface area contributed by atoms with Gasteiger partial charge in [-0.1, -0.05) is 6.07 Å². The second-order valence-electron chi connectivity index (χ2n) is 3.85. The van der Waals surface area contributed by atoms with E-state index in [0.29, 0.717) is 11.5 Å². The summed E-state index contributed by atoms with van der Waals surface area (Å²) in [5.41, 5.74) is 0.865. The van der Waals surface area contributed by atoms with Gasteiger partial charge in [0.2, 0.25) is 12.7 Å². The first kappa shape index (κ1) is 11.7. The maximum atomic E-state index is 11.7. The molecule has 0 spiro atoms. The lowest BCUT2D eigenvalue weighted by atomic mass is 10.00. The van der Waals surface area contributed by atoms with Gasteiger partial charge in [-0.05, 0) is 24.6 Å². The highest BCUT2D eigenvalue weighted by molar-refractivity contribution is 5.83. The molecule has 1 aliphatic rings. The van der Waals surface area contributed by atoms with E-state index in [9.17, 15) is 4.79 Å². The molecule has 1 aromatic rings. The van der Waals surface area contributed by atoms with Crippen LogP contribution in [-0.2, 0) is 4.79 Å². The molecule has 1 aliphatic heterocycles. The van der Waals surface area contributed by atoms with E-state index < -0.39 is 0 Å². The van der Waals surface area contributed by atoms with Crippen molar-refractivity contribution in [1.82, 2.24) is 5.32 Å². The van der Waals surface area contributed by atoms with Crippen LogP contribution in [0.25, 0.3) is 0 Å². The summed E-state index contributed by atoms with van der Waals surface area (Å²) in [6.45, 7) is 2.25. The molecule has 0 aromatic heterocycles. The van der Waals surface area contributed by atoms with Crippen molar-refractivity contribution in [3.05, 3.63) is 23.8 Å². The third kappa shape index (κ3) is 2.50. The number of benzene rings is 1. The zero-order chi connectivity index (χ0) is 12.3. The Labute approximate surface area is 99.3 Å². The normalized spacial score (nSPS) is 14.5. The molecule has 2 N–H and O–H groups in total. The molecule has 1 amide bonds. The highest BCUT2D eigenvalue weighted by atomic mass is 16.7. The molecule has 17 heavy (non-hydrogen) atoms. The molecule has 0 aliphatic carbocycles. The Bertz CT molecular complexity index is 419. The summed E-state index contributed by atoms with van der Waals surface area (Å²) in [5, 5.41) is 11.3. The first-order chi connectivity index (χ1) is 8.22. The van der Waals surface area contributed by atoms with Gasteiger partial charge in [-0.15, -0.1) is 0 Å². The molecule has 0 radical (unpaired) electrons. The highest BCUT2D eigenvalue weighted by Gasteiger charge is 2.19. The summed E-state index contributed by atoms with van der Waals surface area (Å²) < 4.78 is 10.5. The van der Waals surface area contributed by atoms with Crippen molar-refractivity contribution in [2.75, 3.05) is 19.9 Å². The van der Waals surface area contributed by atoms with Gasteiger partial charge in [0.05, 0.1) is 12.5 Å². The summed E-state index contributed by atoms with van der Waals surface area (Å²) in [5.74, 6) is 0.981. The van der Waals surface area contributed by atoms with Gasteiger partial charge >= 0.3 is 0 Å². The van der Waals surface area contributed by atoms with Crippen LogP contribution in [0.1, 0.15) is 18.4 Å². The number of ether oxygens (including phenoxy) is 2. The van der Waals surface area contributed by atoms with Crippen LogP contribution in [0, 0.1) is 0 Å². The molecule has 1 aromatic carbocycles. The fourth-order valence-corrected chi connectivity index (χ4v) is 1.67. The minimum Gasteiger partial charge on any atom is -0.454 e. The average molecular weight is 237 g/mol. The zero-order valence-corrected chi connectivity index (χ0v) is 9.60. The number of hydrogen-bond acceptors (Lipinski definition) is 4. The number of amides is 1. The number of rotatable bonds is 4. The molecule has 2 rings (SSSR count). The van der Waals surface area contributed by atoms with Crippen LogP contribution in [0.3, 0.4) is 0 Å². The number of fused-ring (bicyclic) bond motifs is 1. The lowest BCUT2D eigenvalue weighted by Gasteiger charge is -2.12. The van der Waals surface area contributed by atoms with E-state index in [-0.39, 0.29) is 31.8 Å². The first-order valence-corrected chi connectivity index (χ1v) is 5.50. The number of nitrogens with one attached hydrogen (secondary N) is 1. The largest absolute Gasteiger partial charge is 0.454 e. The van der Waals surface area contributed by atoms with Gasteiger partial charge in [0.25, 0.3) is 0 Å². The van der Waals surface area contributed by atoms with E-state index in [1.54, 1.807) is 6.07 Å². The number of hydrogen-bond donors (Lipinski definition) is 2. The monoisotopic (exact) mass is 237 g/mol. The second-order valence-corrected chi connectivity index (χ2v) is 3.85. The van der Waals surface area contributed by atoms with Crippen LogP contribution in [0.15, 0.2) is 18.2 Å². The Morgan fingerprint density at radius 3 is 3.00 bits per heavy atom. The van der Waals surface area contributed by atoms with Gasteiger partial charge in [-0.25, -0.2) is 0 Å². The predicted octanol–water partition coefficient (Wildman–Crippen LogP) is 0.627. The summed E-state index contributed by atoms with van der Waals surface area (Å²) in [7, 11) is 0. The topological polar surface area (TPSA) is 67.8 Å². The van der Waals surface area contributed by atoms with E-state index in [0.717, 1.165) is 5.56 Å². The van der Waals surface area contributed by atoms with Crippen molar-refractivity contribution in [2.24, 2.45) is 0 Å². The fraction of sp³-hybridized carbons (Fsp3) is 0.417. The van der Waals surface area contributed by atoms with Crippen molar-refractivity contribution in [2.45, 2.75) is 12.8 Å². The molecule has 0 saturated carbocycles. The van der Waals surface area contributed by atoms with E-state index >= 15 is 0 Å².